The number of sulfonamides is 1. The summed E-state index contributed by atoms with van der Waals surface area (Å²) in [7, 11) is -0.466. The average Bonchev–Trinajstić information content (AvgIpc) is 2.81. The van der Waals surface area contributed by atoms with Crippen molar-refractivity contribution in [1.82, 2.24) is 4.31 Å². The van der Waals surface area contributed by atoms with Gasteiger partial charge in [-0.05, 0) is 63.0 Å². The Bertz CT molecular complexity index is 1060. The molecular formula is C28H43NO6S. The van der Waals surface area contributed by atoms with Crippen LogP contribution in [0.5, 0.6) is 11.5 Å². The van der Waals surface area contributed by atoms with E-state index in [4.69, 9.17) is 18.9 Å². The summed E-state index contributed by atoms with van der Waals surface area (Å²) in [5, 5.41) is 0. The lowest BCUT2D eigenvalue weighted by atomic mass is 10.00. The molecule has 8 heteroatoms. The molecule has 0 fully saturated rings. The first-order valence-corrected chi connectivity index (χ1v) is 14.2. The van der Waals surface area contributed by atoms with Crippen molar-refractivity contribution in [2.45, 2.75) is 66.5 Å². The van der Waals surface area contributed by atoms with Gasteiger partial charge in [-0.2, -0.15) is 4.31 Å². The number of hydrogen-bond acceptors (Lipinski definition) is 6. The Morgan fingerprint density at radius 2 is 1.89 bits per heavy atom. The van der Waals surface area contributed by atoms with E-state index in [1.54, 1.807) is 30.7 Å². The van der Waals surface area contributed by atoms with Crippen molar-refractivity contribution in [3.8, 4) is 11.5 Å². The second-order valence-electron chi connectivity index (χ2n) is 9.73. The van der Waals surface area contributed by atoms with Crippen LogP contribution in [0.15, 0.2) is 41.9 Å². The van der Waals surface area contributed by atoms with E-state index in [1.807, 2.05) is 52.0 Å². The molecule has 0 radical (unpaired) electrons. The highest BCUT2D eigenvalue weighted by atomic mass is 32.2. The molecule has 1 aliphatic heterocycles. The molecule has 0 saturated heterocycles. The van der Waals surface area contributed by atoms with Gasteiger partial charge in [-0.15, -0.1) is 0 Å². The molecule has 0 aromatic heterocycles. The first kappa shape index (κ1) is 29.8. The third-order valence-corrected chi connectivity index (χ3v) is 7.53. The highest BCUT2D eigenvalue weighted by molar-refractivity contribution is 7.89. The molecular weight excluding hydrogens is 478 g/mol. The van der Waals surface area contributed by atoms with Gasteiger partial charge in [-0.3, -0.25) is 0 Å². The molecule has 0 aliphatic carbocycles. The number of fused-ring (bicyclic) bond motifs is 1. The van der Waals surface area contributed by atoms with Gasteiger partial charge in [0.1, 0.15) is 11.4 Å². The predicted octanol–water partition coefficient (Wildman–Crippen LogP) is 5.92. The van der Waals surface area contributed by atoms with E-state index in [-0.39, 0.29) is 12.3 Å². The Hall–Kier alpha value is -2.45. The number of benzene rings is 1. The third-order valence-electron chi connectivity index (χ3n) is 5.82. The molecule has 1 aliphatic rings. The van der Waals surface area contributed by atoms with Crippen LogP contribution >= 0.6 is 0 Å². The van der Waals surface area contributed by atoms with Crippen LogP contribution in [-0.4, -0.2) is 51.4 Å². The second kappa shape index (κ2) is 13.2. The molecule has 0 saturated carbocycles. The number of nitrogens with zero attached hydrogens (tertiary/aromatic N) is 1. The lowest BCUT2D eigenvalue weighted by Gasteiger charge is -2.30. The molecule has 0 spiro atoms. The molecule has 202 valence electrons. The number of hydrogen-bond donors (Lipinski definition) is 0. The van der Waals surface area contributed by atoms with Crippen LogP contribution < -0.4 is 9.47 Å². The van der Waals surface area contributed by atoms with E-state index in [0.717, 1.165) is 17.5 Å². The monoisotopic (exact) mass is 521 g/mol. The first-order chi connectivity index (χ1) is 17.0. The van der Waals surface area contributed by atoms with E-state index in [0.29, 0.717) is 48.5 Å². The van der Waals surface area contributed by atoms with Gasteiger partial charge in [0.05, 0.1) is 26.6 Å². The van der Waals surface area contributed by atoms with Gasteiger partial charge in [0.25, 0.3) is 0 Å². The topological polar surface area (TPSA) is 74.3 Å². The van der Waals surface area contributed by atoms with Crippen molar-refractivity contribution in [3.05, 3.63) is 53.0 Å². The van der Waals surface area contributed by atoms with Crippen molar-refractivity contribution in [2.75, 3.05) is 33.1 Å². The highest BCUT2D eigenvalue weighted by Gasteiger charge is 2.27. The number of methoxy groups -OCH3 is 2. The first-order valence-electron chi connectivity index (χ1n) is 12.6. The molecule has 0 N–H and O–H groups in total. The van der Waals surface area contributed by atoms with Crippen molar-refractivity contribution >= 4 is 16.1 Å². The summed E-state index contributed by atoms with van der Waals surface area (Å²) in [6, 6.07) is 3.87. The van der Waals surface area contributed by atoms with Gasteiger partial charge in [-0.25, -0.2) is 8.42 Å². The molecule has 1 aromatic carbocycles. The summed E-state index contributed by atoms with van der Waals surface area (Å²) in [4.78, 5) is 0. The minimum absolute atomic E-state index is 0.140. The van der Waals surface area contributed by atoms with Crippen molar-refractivity contribution in [3.63, 3.8) is 0 Å². The van der Waals surface area contributed by atoms with E-state index >= 15 is 0 Å². The summed E-state index contributed by atoms with van der Waals surface area (Å²) in [6.45, 7) is 13.2. The number of allylic oxidation sites excluding steroid dienone is 2. The summed E-state index contributed by atoms with van der Waals surface area (Å²) in [5.41, 5.74) is 1.31. The zero-order chi connectivity index (χ0) is 26.9. The van der Waals surface area contributed by atoms with Crippen molar-refractivity contribution in [1.29, 1.82) is 0 Å². The van der Waals surface area contributed by atoms with Gasteiger partial charge in [0, 0.05) is 25.1 Å². The standard InChI is InChI=1S/C28H43NO6S/c1-9-24(32-7)25(33-8)12-11-17-36(30,31)29(16-14-21(3)4)20-22-18-23-13-15-28(5,6)35-27(23)26(19-22)34-10-2/h11-13,15,18-19,21H,9-10,14,16-17,20H2,1-8H3/b12-11-,25-24-. The van der Waals surface area contributed by atoms with Crippen LogP contribution in [0.2, 0.25) is 0 Å². The lowest BCUT2D eigenvalue weighted by Crippen LogP contribution is -2.34. The maximum Gasteiger partial charge on any atom is 0.217 e. The maximum absolute atomic E-state index is 13.4. The molecule has 0 unspecified atom stereocenters. The molecule has 36 heavy (non-hydrogen) atoms. The van der Waals surface area contributed by atoms with Crippen molar-refractivity contribution < 1.29 is 27.4 Å². The SMILES string of the molecule is CCOc1cc(CN(CCC(C)C)S(=O)(=O)C/C=C\C(OC)=C(/CC)OC)cc2c1OC(C)(C)C=C2. The summed E-state index contributed by atoms with van der Waals surface area (Å²) >= 11 is 0. The third kappa shape index (κ3) is 8.30. The van der Waals surface area contributed by atoms with Gasteiger partial charge in [0.15, 0.2) is 17.3 Å². The Labute approximate surface area is 217 Å². The van der Waals surface area contributed by atoms with Crippen molar-refractivity contribution in [2.24, 2.45) is 5.92 Å². The smallest absolute Gasteiger partial charge is 0.217 e. The Morgan fingerprint density at radius 1 is 1.17 bits per heavy atom. The van der Waals surface area contributed by atoms with E-state index < -0.39 is 15.6 Å². The number of ether oxygens (including phenoxy) is 4. The normalized spacial score (nSPS) is 15.6. The molecule has 1 aromatic rings. The quantitative estimate of drug-likeness (QED) is 0.224. The summed E-state index contributed by atoms with van der Waals surface area (Å²) < 4.78 is 51.2. The summed E-state index contributed by atoms with van der Waals surface area (Å²) in [5.74, 6) is 2.74. The minimum Gasteiger partial charge on any atom is -0.497 e. The van der Waals surface area contributed by atoms with E-state index in [1.165, 1.54) is 0 Å². The Morgan fingerprint density at radius 3 is 2.47 bits per heavy atom. The zero-order valence-electron chi connectivity index (χ0n) is 23.1. The Kier molecular flexibility index (Phi) is 10.9. The van der Waals surface area contributed by atoms with E-state index in [2.05, 4.69) is 13.8 Å². The molecule has 0 amide bonds. The number of rotatable bonds is 14. The van der Waals surface area contributed by atoms with Gasteiger partial charge in [-0.1, -0.05) is 32.9 Å². The van der Waals surface area contributed by atoms with Crippen LogP contribution in [-0.2, 0) is 26.0 Å². The largest absolute Gasteiger partial charge is 0.497 e. The van der Waals surface area contributed by atoms with Gasteiger partial charge in [0.2, 0.25) is 10.0 Å². The maximum atomic E-state index is 13.4. The van der Waals surface area contributed by atoms with Crippen LogP contribution in [0.25, 0.3) is 6.08 Å². The van der Waals surface area contributed by atoms with Crippen LogP contribution in [0, 0.1) is 5.92 Å². The fourth-order valence-corrected chi connectivity index (χ4v) is 5.14. The second-order valence-corrected chi connectivity index (χ2v) is 11.7. The molecule has 2 rings (SSSR count). The van der Waals surface area contributed by atoms with Crippen LogP contribution in [0.3, 0.4) is 0 Å². The fraction of sp³-hybridized carbons (Fsp3) is 0.571. The van der Waals surface area contributed by atoms with Gasteiger partial charge < -0.3 is 18.9 Å². The Balaban J connectivity index is 2.36. The highest BCUT2D eigenvalue weighted by Crippen LogP contribution is 2.40. The lowest BCUT2D eigenvalue weighted by molar-refractivity contribution is 0.150. The molecule has 0 bridgehead atoms. The predicted molar refractivity (Wildman–Crippen MR) is 145 cm³/mol. The fourth-order valence-electron chi connectivity index (χ4n) is 3.86. The van der Waals surface area contributed by atoms with Crippen LogP contribution in [0.1, 0.15) is 65.5 Å². The summed E-state index contributed by atoms with van der Waals surface area (Å²) in [6.07, 6.45) is 8.70. The molecule has 7 nitrogen and oxygen atoms in total. The average molecular weight is 522 g/mol. The van der Waals surface area contributed by atoms with Crippen LogP contribution in [0.4, 0.5) is 0 Å². The zero-order valence-corrected chi connectivity index (χ0v) is 23.9. The molecule has 1 heterocycles. The van der Waals surface area contributed by atoms with E-state index in [9.17, 15) is 8.42 Å². The van der Waals surface area contributed by atoms with Gasteiger partial charge >= 0.3 is 0 Å². The molecule has 0 atom stereocenters. The minimum atomic E-state index is -3.59.